The topological polar surface area (TPSA) is 1310 Å². The van der Waals surface area contributed by atoms with Crippen LogP contribution in [-0.4, -0.2) is 372 Å². The zero-order valence-electron chi connectivity index (χ0n) is 40.9. The average molecular weight is 2110 g/mol. The van der Waals surface area contributed by atoms with Gasteiger partial charge in [0.15, 0.2) is 0 Å². The fraction of sp³-hybridized carbons (Fsp3) is 0. The van der Waals surface area contributed by atoms with Crippen LogP contribution < -0.4 is 279 Å². The van der Waals surface area contributed by atoms with E-state index in [1.165, 1.54) is 0 Å². The van der Waals surface area contributed by atoms with Gasteiger partial charge in [-0.2, -0.15) is 0 Å². The molecule has 0 aliphatic rings. The van der Waals surface area contributed by atoms with Gasteiger partial charge in [0.1, 0.15) is 0 Å². The first kappa shape index (κ1) is 362. The minimum Gasteiger partial charge on any atom is -0.870 e. The van der Waals surface area contributed by atoms with Crippen LogP contribution in [-0.2, 0) is 219 Å². The summed E-state index contributed by atoms with van der Waals surface area (Å²) in [5.74, 6) is 0. The molecule has 19 N–H and O–H groups in total. The Balaban J connectivity index is -0.00000000412. The van der Waals surface area contributed by atoms with E-state index in [-0.39, 0.29) is 568 Å². The monoisotopic (exact) mass is 2100 g/mol. The van der Waals surface area contributed by atoms with Gasteiger partial charge < -0.3 is 270 Å². The van der Waals surface area contributed by atoms with E-state index in [1.807, 2.05) is 0 Å². The summed E-state index contributed by atoms with van der Waals surface area (Å²) < 4.78 is 111. The molecule has 0 atom stereocenters. The van der Waals surface area contributed by atoms with Crippen molar-refractivity contribution in [2.24, 2.45) is 0 Å². The molecule has 0 aromatic heterocycles. The third kappa shape index (κ3) is 8630. The predicted octanol–water partition coefficient (Wildman–Crippen LogP) is -53.5. The molecular formula is H19Al3Ca3Fe3K3Mn3O55Si13Zn3. The number of hydrogen-bond donors (Lipinski definition) is 0. The largest absolute Gasteiger partial charge is 3.00 e. The molecule has 0 aliphatic heterocycles. The van der Waals surface area contributed by atoms with Crippen molar-refractivity contribution >= 4 is 285 Å². The van der Waals surface area contributed by atoms with E-state index in [9.17, 15) is 0 Å². The van der Waals surface area contributed by atoms with Crippen molar-refractivity contribution in [3.8, 4) is 0 Å². The van der Waals surface area contributed by atoms with Gasteiger partial charge in [-0.15, -0.1) is 0 Å². The molecule has 0 rings (SSSR count). The van der Waals surface area contributed by atoms with Gasteiger partial charge in [-0.3, -0.25) is 0 Å². The van der Waals surface area contributed by atoms with E-state index < -0.39 is 119 Å². The summed E-state index contributed by atoms with van der Waals surface area (Å²) >= 11 is 0. The van der Waals surface area contributed by atoms with E-state index in [4.69, 9.17) is 183 Å². The molecule has 0 amide bonds. The molecule has 0 bridgehead atoms. The van der Waals surface area contributed by atoms with E-state index in [0.717, 1.165) is 0 Å². The molecule has 6 radical (unpaired) electrons. The van der Waals surface area contributed by atoms with Crippen LogP contribution >= 0.6 is 0 Å². The fourth-order valence-electron chi connectivity index (χ4n) is 0. The average Bonchev–Trinajstić information content (AvgIpc) is 2.67. The fourth-order valence-corrected chi connectivity index (χ4v) is 0. The summed E-state index contributed by atoms with van der Waals surface area (Å²) in [6.45, 7) is 0. The van der Waals surface area contributed by atoms with Crippen LogP contribution in [0, 0.1) is 0 Å². The first-order valence-corrected chi connectivity index (χ1v) is 23.9. The van der Waals surface area contributed by atoms with Crippen LogP contribution in [0.25, 0.3) is 0 Å². The van der Waals surface area contributed by atoms with Gasteiger partial charge in [0.25, 0.3) is 0 Å². The van der Waals surface area contributed by atoms with E-state index in [1.54, 1.807) is 0 Å². The van der Waals surface area contributed by atoms with Crippen molar-refractivity contribution in [2.75, 3.05) is 0 Å². The number of rotatable bonds is 0. The van der Waals surface area contributed by atoms with Crippen LogP contribution in [0.5, 0.6) is 0 Å². The van der Waals surface area contributed by atoms with Crippen molar-refractivity contribution in [3.63, 3.8) is 0 Å². The van der Waals surface area contributed by atoms with E-state index >= 15 is 0 Å². The van der Waals surface area contributed by atoms with Gasteiger partial charge in [-0.05, 0) is 0 Å². The van der Waals surface area contributed by atoms with Gasteiger partial charge in [0.05, 0.1) is 0 Å². The first-order valence-electron chi connectivity index (χ1n) is 7.96. The Bertz CT molecular complexity index is 746. The smallest absolute Gasteiger partial charge is 0.870 e. The normalized spacial score (nSPS) is 3.63. The SMILES string of the molecule is O.O.O.O=[Si]([O-])[O-].O=[Si]([O-])[O-].O=[Si]([O-])[O-].O=[Si]([O-])[O-].O=[Si]([O-])[O-].O=[Si]([O-])[O-].O=[Si]([O-])[O-].O=[Si]([O-])[O-].O=[Si]([O-])[O-].O=[Si]([O-])[O-].O=[Si]([O-])[O-].O=[Si]([O-])[O-].O=[Si]([O-])[O-].[Al+3].[Al+3].[Al+3].[Ca+2].[Ca+2].[Ca+2].[Fe+3].[Fe+3].[Fe+3].[K+].[K+].[K+].[Mn+2].[Mn+2].[Mn+2].[OH-].[OH-].[OH-].[OH-].[OH-].[OH-].[OH-].[OH-].[OH-].[OH-].[OH-].[OH-].[OH-].[Zn+2].[Zn+2].[Zn+2]. The van der Waals surface area contributed by atoms with Crippen molar-refractivity contribution in [2.45, 2.75) is 0 Å². The number of hydrogen-bond acceptors (Lipinski definition) is 52. The Labute approximate surface area is 851 Å². The molecule has 0 fully saturated rings. The predicted molar refractivity (Wildman–Crippen MR) is 154 cm³/mol. The van der Waals surface area contributed by atoms with Crippen molar-refractivity contribution in [1.29, 1.82) is 0 Å². The zero-order valence-corrected chi connectivity index (χ0v) is 89.1. The van der Waals surface area contributed by atoms with Crippen LogP contribution in [0.15, 0.2) is 0 Å². The Hall–Kier alpha value is 9.65. The molecule has 0 saturated heterocycles. The zero-order chi connectivity index (χ0) is 46.5. The second-order valence-electron chi connectivity index (χ2n) is 3.25. The van der Waals surface area contributed by atoms with E-state index in [2.05, 4.69) is 0 Å². The minimum absolute atomic E-state index is 0. The molecule has 0 aromatic carbocycles. The molecule has 55 nitrogen and oxygen atoms in total. The summed E-state index contributed by atoms with van der Waals surface area (Å²) in [5, 5.41) is 0. The minimum atomic E-state index is -3.63. The van der Waals surface area contributed by atoms with Crippen molar-refractivity contribution in [3.05, 3.63) is 0 Å². The molecule has 86 heavy (non-hydrogen) atoms. The molecule has 0 spiro atoms. The standard InChI is InChI=1S/3Al.3Ca.3Fe.3K.3Mn.13O3Si.16H2O.3Zn/c;;;;;;;;;;;;;;;13*1-4(2)3;;;;;;;;;;;;;;;;;;;/h;;;;;;;;;;;;;;;;;;;;;;;;;;;;16*1H2;;;/q3*+3;3*+2;3*+3;3*+1;3*+2;13*-2;;;;;;;;;;;;;;;;;3*+2/p-13. The first-order chi connectivity index (χ1) is 22.5. The Morgan fingerprint density at radius 1 is 0.163 bits per heavy atom. The molecule has 0 aliphatic carbocycles. The second kappa shape index (κ2) is 351. The van der Waals surface area contributed by atoms with Crippen LogP contribution in [0.2, 0.25) is 0 Å². The van der Waals surface area contributed by atoms with Crippen LogP contribution in [0.3, 0.4) is 0 Å². The van der Waals surface area contributed by atoms with Gasteiger partial charge in [-0.1, -0.05) is 0 Å². The summed E-state index contributed by atoms with van der Waals surface area (Å²) in [6, 6.07) is 0. The summed E-state index contributed by atoms with van der Waals surface area (Å²) in [6.07, 6.45) is 0. The Morgan fingerprint density at radius 2 is 0.163 bits per heavy atom. The van der Waals surface area contributed by atoms with Gasteiger partial charge >= 0.3 is 480 Å². The van der Waals surface area contributed by atoms with Crippen molar-refractivity contribution < 1.29 is 585 Å². The van der Waals surface area contributed by atoms with E-state index in [0.29, 0.717) is 0 Å². The maximum Gasteiger partial charge on any atom is 3.00 e. The molecule has 86 heteroatoms. The summed E-state index contributed by atoms with van der Waals surface area (Å²) in [5.41, 5.74) is 0. The van der Waals surface area contributed by atoms with Crippen molar-refractivity contribution in [1.82, 2.24) is 0 Å². The molecule has 470 valence electrons. The Kier molecular flexibility index (Phi) is 1480. The maximum atomic E-state index is 8.52. The maximum absolute atomic E-state index is 8.52. The third-order valence-corrected chi connectivity index (χ3v) is 0. The van der Waals surface area contributed by atoms with Crippen LogP contribution in [0.4, 0.5) is 0 Å². The third-order valence-electron chi connectivity index (χ3n) is 0. The van der Waals surface area contributed by atoms with Gasteiger partial charge in [-0.25, -0.2) is 0 Å². The molecule has 0 unspecified atom stereocenters. The molecular weight excluding hydrogens is 2090 g/mol. The second-order valence-corrected chi connectivity index (χ2v) is 9.75. The summed E-state index contributed by atoms with van der Waals surface area (Å²) in [7, 11) is -47.2. The molecule has 0 saturated carbocycles. The summed E-state index contributed by atoms with van der Waals surface area (Å²) in [4.78, 5) is 221. The molecule has 0 heterocycles. The molecule has 0 aromatic rings. The van der Waals surface area contributed by atoms with Crippen LogP contribution in [0.1, 0.15) is 0 Å². The Morgan fingerprint density at radius 3 is 0.163 bits per heavy atom. The van der Waals surface area contributed by atoms with Gasteiger partial charge in [0.2, 0.25) is 0 Å². The quantitative estimate of drug-likeness (QED) is 0.203. The van der Waals surface area contributed by atoms with Gasteiger partial charge in [0, 0.05) is 119 Å².